The summed E-state index contributed by atoms with van der Waals surface area (Å²) >= 11 is 0. The zero-order valence-corrected chi connectivity index (χ0v) is 21.0. The molecule has 1 amide bonds. The summed E-state index contributed by atoms with van der Waals surface area (Å²) in [6.45, 7) is 1.95. The summed E-state index contributed by atoms with van der Waals surface area (Å²) in [4.78, 5) is 38.3. The molecule has 0 saturated carbocycles. The Bertz CT molecular complexity index is 1180. The van der Waals surface area contributed by atoms with Crippen molar-refractivity contribution in [1.29, 1.82) is 0 Å². The number of ether oxygens (including phenoxy) is 3. The second-order valence-corrected chi connectivity index (χ2v) is 10.4. The number of hydrogen-bond donors (Lipinski definition) is 4. The lowest BCUT2D eigenvalue weighted by atomic mass is 9.50. The normalized spacial score (nSPS) is 30.8. The Morgan fingerprint density at radius 2 is 2.08 bits per heavy atom. The summed E-state index contributed by atoms with van der Waals surface area (Å²) in [6, 6.07) is 2.37. The number of piperidine rings is 1. The molecule has 11 nitrogen and oxygen atoms in total. The van der Waals surface area contributed by atoms with E-state index in [1.807, 2.05) is 19.2 Å². The Morgan fingerprint density at radius 1 is 1.32 bits per heavy atom. The second kappa shape index (κ2) is 9.00. The Kier molecular flexibility index (Phi) is 6.20. The topological polar surface area (TPSA) is 155 Å². The lowest BCUT2D eigenvalue weighted by Gasteiger charge is -2.61. The fourth-order valence-corrected chi connectivity index (χ4v) is 6.58. The van der Waals surface area contributed by atoms with Gasteiger partial charge in [-0.25, -0.2) is 4.79 Å². The molecule has 1 aromatic carbocycles. The van der Waals surface area contributed by atoms with Crippen LogP contribution in [0.2, 0.25) is 0 Å². The molecule has 0 radical (unpaired) electrons. The number of methoxy groups -OCH3 is 1. The minimum absolute atomic E-state index is 0.137. The van der Waals surface area contributed by atoms with Gasteiger partial charge < -0.3 is 39.7 Å². The van der Waals surface area contributed by atoms with Crippen LogP contribution in [0.25, 0.3) is 0 Å². The molecule has 2 heterocycles. The van der Waals surface area contributed by atoms with Crippen molar-refractivity contribution in [2.45, 2.75) is 74.3 Å². The fraction of sp³-hybridized carbons (Fsp3) is 0.577. The predicted octanol–water partition coefficient (Wildman–Crippen LogP) is 0.247. The maximum Gasteiger partial charge on any atom is 0.326 e. The first-order valence-electron chi connectivity index (χ1n) is 12.4. The molecular formula is C26H32N2O9. The van der Waals surface area contributed by atoms with Crippen LogP contribution >= 0.6 is 0 Å². The molecule has 5 rings (SSSR count). The number of carboxylic acids is 1. The summed E-state index contributed by atoms with van der Waals surface area (Å²) < 4.78 is 17.7. The first kappa shape index (κ1) is 25.5. The van der Waals surface area contributed by atoms with Crippen LogP contribution in [-0.4, -0.2) is 88.7 Å². The molecule has 1 fully saturated rings. The van der Waals surface area contributed by atoms with Gasteiger partial charge in [0, 0.05) is 24.4 Å². The van der Waals surface area contributed by atoms with Crippen molar-refractivity contribution in [3.8, 4) is 11.5 Å². The maximum absolute atomic E-state index is 12.8. The number of nitrogens with one attached hydrogen (secondary N) is 1. The average Bonchev–Trinajstić information content (AvgIpc) is 3.21. The van der Waals surface area contributed by atoms with Crippen molar-refractivity contribution in [2.75, 3.05) is 20.7 Å². The van der Waals surface area contributed by atoms with Gasteiger partial charge in [0.15, 0.2) is 17.6 Å². The number of aliphatic carboxylic acids is 1. The van der Waals surface area contributed by atoms with Crippen molar-refractivity contribution in [3.63, 3.8) is 0 Å². The number of likely N-dealkylation sites (N-methyl/N-ethyl adjacent to an activating group) is 1. The zero-order chi connectivity index (χ0) is 26.7. The molecule has 2 aliphatic carbocycles. The number of carboxylic acid groups (broad SMARTS) is 1. The fourth-order valence-electron chi connectivity index (χ4n) is 6.58. The second-order valence-electron chi connectivity index (χ2n) is 10.4. The number of benzene rings is 1. The molecule has 1 saturated heterocycles. The van der Waals surface area contributed by atoms with Crippen LogP contribution in [0, 0.1) is 0 Å². The van der Waals surface area contributed by atoms with Gasteiger partial charge in [-0.3, -0.25) is 9.59 Å². The molecule has 2 unspecified atom stereocenters. The van der Waals surface area contributed by atoms with E-state index in [1.165, 1.54) is 6.92 Å². The lowest BCUT2D eigenvalue weighted by Crippen LogP contribution is -2.74. The van der Waals surface area contributed by atoms with Crippen LogP contribution in [-0.2, 0) is 31.0 Å². The summed E-state index contributed by atoms with van der Waals surface area (Å²) in [5.41, 5.74) is 0.0356. The number of rotatable bonds is 8. The molecule has 11 heteroatoms. The maximum atomic E-state index is 12.8. The number of amides is 1. The van der Waals surface area contributed by atoms with Gasteiger partial charge in [-0.05, 0) is 57.5 Å². The number of carbonyl (C=O) groups is 3. The van der Waals surface area contributed by atoms with E-state index in [0.29, 0.717) is 24.3 Å². The highest BCUT2D eigenvalue weighted by Crippen LogP contribution is 2.65. The highest BCUT2D eigenvalue weighted by molar-refractivity contribution is 5.86. The third-order valence-electron chi connectivity index (χ3n) is 8.42. The quantitative estimate of drug-likeness (QED) is 0.353. The van der Waals surface area contributed by atoms with E-state index in [0.717, 1.165) is 17.7 Å². The van der Waals surface area contributed by atoms with Crippen LogP contribution < -0.4 is 14.8 Å². The molecule has 4 N–H and O–H groups in total. The van der Waals surface area contributed by atoms with Crippen LogP contribution in [0.4, 0.5) is 0 Å². The highest BCUT2D eigenvalue weighted by Gasteiger charge is 2.72. The van der Waals surface area contributed by atoms with E-state index in [-0.39, 0.29) is 31.1 Å². The van der Waals surface area contributed by atoms with E-state index >= 15 is 0 Å². The van der Waals surface area contributed by atoms with Gasteiger partial charge >= 0.3 is 11.9 Å². The van der Waals surface area contributed by atoms with E-state index in [2.05, 4.69) is 10.2 Å². The molecule has 200 valence electrons. The van der Waals surface area contributed by atoms with Gasteiger partial charge in [0.25, 0.3) is 0 Å². The molecule has 0 aromatic heterocycles. The molecular weight excluding hydrogens is 484 g/mol. The molecule has 2 bridgehead atoms. The summed E-state index contributed by atoms with van der Waals surface area (Å²) in [5.74, 6) is -1.46. The lowest BCUT2D eigenvalue weighted by molar-refractivity contribution is -0.169. The molecule has 1 spiro atoms. The van der Waals surface area contributed by atoms with Crippen LogP contribution in [0.3, 0.4) is 0 Å². The summed E-state index contributed by atoms with van der Waals surface area (Å²) in [6.07, 6.45) is 0.586. The summed E-state index contributed by atoms with van der Waals surface area (Å²) in [7, 11) is 3.56. The van der Waals surface area contributed by atoms with Gasteiger partial charge in [0.2, 0.25) is 5.91 Å². The Morgan fingerprint density at radius 3 is 2.76 bits per heavy atom. The zero-order valence-electron chi connectivity index (χ0n) is 21.0. The third kappa shape index (κ3) is 3.71. The van der Waals surface area contributed by atoms with Crippen LogP contribution in [0.1, 0.15) is 43.7 Å². The number of hydrogen-bond acceptors (Lipinski definition) is 9. The molecule has 4 aliphatic rings. The van der Waals surface area contributed by atoms with Crippen molar-refractivity contribution in [3.05, 3.63) is 35.1 Å². The number of aliphatic hydroxyl groups excluding tert-OH is 1. The van der Waals surface area contributed by atoms with Crippen LogP contribution in [0.5, 0.6) is 11.5 Å². The largest absolute Gasteiger partial charge is 0.493 e. The molecule has 1 aromatic rings. The van der Waals surface area contributed by atoms with Crippen LogP contribution in [0.15, 0.2) is 24.0 Å². The van der Waals surface area contributed by atoms with Gasteiger partial charge in [-0.2, -0.15) is 0 Å². The molecule has 2 aliphatic heterocycles. The number of aliphatic hydroxyl groups is 2. The van der Waals surface area contributed by atoms with Gasteiger partial charge in [0.1, 0.15) is 17.9 Å². The number of carbonyl (C=O) groups excluding carboxylic acids is 2. The highest BCUT2D eigenvalue weighted by atomic mass is 16.6. The standard InChI is InChI=1S/C26H32N2O9/c1-13(29)23(31)27-15(24(32)33)5-7-19(30)36-17-8-9-26(34)18-12-14-4-6-16(35-3)21-20(14)25(26,22(17)37-21)10-11-28(18)2/h4,6,8,13,15,18,22,29,34H,5,7,9-12H2,1-3H3,(H,27,31)(H,32,33)/t13?,15?,18-,22+,25+,26-/m1/s1. The van der Waals surface area contributed by atoms with E-state index in [4.69, 9.17) is 14.2 Å². The minimum Gasteiger partial charge on any atom is -0.493 e. The molecule has 6 atom stereocenters. The van der Waals surface area contributed by atoms with Gasteiger partial charge in [0.05, 0.1) is 18.1 Å². The van der Waals surface area contributed by atoms with Crippen molar-refractivity contribution >= 4 is 17.8 Å². The van der Waals surface area contributed by atoms with Crippen molar-refractivity contribution in [1.82, 2.24) is 10.2 Å². The number of likely N-dealkylation sites (tertiary alicyclic amines) is 1. The Hall–Kier alpha value is -3.15. The average molecular weight is 517 g/mol. The third-order valence-corrected chi connectivity index (χ3v) is 8.42. The van der Waals surface area contributed by atoms with E-state index < -0.39 is 47.1 Å². The van der Waals surface area contributed by atoms with Crippen molar-refractivity contribution in [2.24, 2.45) is 0 Å². The predicted molar refractivity (Wildman–Crippen MR) is 128 cm³/mol. The summed E-state index contributed by atoms with van der Waals surface area (Å²) in [5, 5.41) is 33.1. The Labute approximate surface area is 214 Å². The van der Waals surface area contributed by atoms with Crippen molar-refractivity contribution < 1.29 is 43.9 Å². The number of nitrogens with zero attached hydrogens (tertiary/aromatic N) is 1. The first-order chi connectivity index (χ1) is 17.5. The SMILES string of the molecule is COc1ccc2c3c1O[C@H]1C(OC(=O)CCC(NC(=O)C(C)O)C(=O)O)=CC[C@@]4(O)[C@@H](C2)N(C)CC[C@]314. The monoisotopic (exact) mass is 516 g/mol. The number of esters is 1. The smallest absolute Gasteiger partial charge is 0.326 e. The Balaban J connectivity index is 1.41. The van der Waals surface area contributed by atoms with E-state index in [9.17, 15) is 29.7 Å². The van der Waals surface area contributed by atoms with Gasteiger partial charge in [-0.1, -0.05) is 6.07 Å². The molecule has 37 heavy (non-hydrogen) atoms. The minimum atomic E-state index is -1.38. The van der Waals surface area contributed by atoms with Gasteiger partial charge in [-0.15, -0.1) is 0 Å². The first-order valence-corrected chi connectivity index (χ1v) is 12.4. The van der Waals surface area contributed by atoms with E-state index in [1.54, 1.807) is 13.2 Å².